The number of aryl methyl sites for hydroxylation is 1. The highest BCUT2D eigenvalue weighted by molar-refractivity contribution is 6.30. The van der Waals surface area contributed by atoms with Crippen molar-refractivity contribution < 1.29 is 0 Å². The van der Waals surface area contributed by atoms with E-state index in [0.29, 0.717) is 10.7 Å². The molecule has 0 fully saturated rings. The minimum atomic E-state index is -0.0908. The van der Waals surface area contributed by atoms with E-state index in [2.05, 4.69) is 32.7 Å². The van der Waals surface area contributed by atoms with Crippen LogP contribution in [0.2, 0.25) is 5.02 Å². The molecule has 2 rings (SSSR count). The van der Waals surface area contributed by atoms with Crippen LogP contribution < -0.4 is 5.56 Å². The van der Waals surface area contributed by atoms with Gasteiger partial charge in [-0.15, -0.1) is 0 Å². The second-order valence-electron chi connectivity index (χ2n) is 4.90. The molecule has 0 atom stereocenters. The lowest BCUT2D eigenvalue weighted by Gasteiger charge is -2.11. The van der Waals surface area contributed by atoms with Crippen LogP contribution in [0, 0.1) is 6.92 Å². The molecule has 0 aliphatic rings. The number of fused-ring (bicyclic) bond motifs is 1. The first-order valence-electron chi connectivity index (χ1n) is 6.60. The van der Waals surface area contributed by atoms with Gasteiger partial charge in [-0.1, -0.05) is 45.7 Å². The van der Waals surface area contributed by atoms with Gasteiger partial charge in [-0.3, -0.25) is 9.20 Å². The second kappa shape index (κ2) is 6.71. The van der Waals surface area contributed by atoms with Crippen molar-refractivity contribution in [3.8, 4) is 0 Å². The van der Waals surface area contributed by atoms with E-state index in [1.807, 2.05) is 13.0 Å². The summed E-state index contributed by atoms with van der Waals surface area (Å²) in [5, 5.41) is 0.559. The fourth-order valence-electron chi connectivity index (χ4n) is 1.73. The molecule has 0 saturated carbocycles. The predicted molar refractivity (Wildman–Crippen MR) is 81.3 cm³/mol. The van der Waals surface area contributed by atoms with E-state index >= 15 is 0 Å². The Bertz CT molecular complexity index is 617. The van der Waals surface area contributed by atoms with Crippen LogP contribution >= 0.6 is 11.6 Å². The summed E-state index contributed by atoms with van der Waals surface area (Å²) >= 11 is 5.99. The van der Waals surface area contributed by atoms with E-state index in [-0.39, 0.29) is 11.5 Å². The molecule has 4 heteroatoms. The number of nitrogens with zero attached hydrogens (tertiary/aromatic N) is 2. The zero-order valence-electron chi connectivity index (χ0n) is 12.2. The van der Waals surface area contributed by atoms with Crippen molar-refractivity contribution in [2.75, 3.05) is 0 Å². The predicted octanol–water partition coefficient (Wildman–Crippen LogP) is 4.20. The van der Waals surface area contributed by atoms with Crippen molar-refractivity contribution in [2.24, 2.45) is 0 Å². The standard InChI is InChI=1S/C12H13ClN2O.C3H8/c1-7(2)10-5-9(13)6-15-11(16)4-8(3)14-12(10)15;1-3-2/h4-7H,1-3H3;3H2,1-2H3. The molecule has 0 radical (unpaired) electrons. The van der Waals surface area contributed by atoms with Gasteiger partial charge in [0.05, 0.1) is 5.02 Å². The first kappa shape index (κ1) is 15.7. The fourth-order valence-corrected chi connectivity index (χ4v) is 1.95. The van der Waals surface area contributed by atoms with Crippen LogP contribution in [0.3, 0.4) is 0 Å². The summed E-state index contributed by atoms with van der Waals surface area (Å²) in [6.45, 7) is 10.2. The van der Waals surface area contributed by atoms with E-state index < -0.39 is 0 Å². The van der Waals surface area contributed by atoms with E-state index in [1.54, 1.807) is 6.20 Å². The average molecular weight is 281 g/mol. The van der Waals surface area contributed by atoms with Gasteiger partial charge >= 0.3 is 0 Å². The fraction of sp³-hybridized carbons (Fsp3) is 0.467. The van der Waals surface area contributed by atoms with Crippen LogP contribution in [0.15, 0.2) is 23.1 Å². The highest BCUT2D eigenvalue weighted by Crippen LogP contribution is 2.22. The van der Waals surface area contributed by atoms with Crippen molar-refractivity contribution >= 4 is 17.2 Å². The molecule has 0 unspecified atom stereocenters. The van der Waals surface area contributed by atoms with Gasteiger partial charge in [-0.25, -0.2) is 4.98 Å². The van der Waals surface area contributed by atoms with Crippen molar-refractivity contribution in [1.29, 1.82) is 0 Å². The van der Waals surface area contributed by atoms with Gasteiger partial charge in [0.15, 0.2) is 0 Å². The normalized spacial score (nSPS) is 10.5. The van der Waals surface area contributed by atoms with Crippen LogP contribution in [0.25, 0.3) is 5.65 Å². The molecule has 0 bridgehead atoms. The molecular weight excluding hydrogens is 260 g/mol. The van der Waals surface area contributed by atoms with Gasteiger partial charge < -0.3 is 0 Å². The molecular formula is C15H21ClN2O. The molecule has 0 spiro atoms. The molecule has 0 aliphatic carbocycles. The Morgan fingerprint density at radius 1 is 1.32 bits per heavy atom. The molecule has 3 nitrogen and oxygen atoms in total. The number of rotatable bonds is 1. The molecule has 2 heterocycles. The molecule has 2 aromatic heterocycles. The Morgan fingerprint density at radius 3 is 2.42 bits per heavy atom. The zero-order valence-corrected chi connectivity index (χ0v) is 13.0. The summed E-state index contributed by atoms with van der Waals surface area (Å²) < 4.78 is 1.50. The third-order valence-corrected chi connectivity index (χ3v) is 2.71. The summed E-state index contributed by atoms with van der Waals surface area (Å²) in [5.41, 5.74) is 2.33. The third-order valence-electron chi connectivity index (χ3n) is 2.51. The number of hydrogen-bond acceptors (Lipinski definition) is 2. The highest BCUT2D eigenvalue weighted by Gasteiger charge is 2.10. The molecule has 0 amide bonds. The van der Waals surface area contributed by atoms with Gasteiger partial charge in [-0.2, -0.15) is 0 Å². The van der Waals surface area contributed by atoms with Crippen molar-refractivity contribution in [1.82, 2.24) is 9.38 Å². The van der Waals surface area contributed by atoms with Crippen LogP contribution in [-0.2, 0) is 0 Å². The van der Waals surface area contributed by atoms with Gasteiger partial charge in [-0.05, 0) is 24.5 Å². The second-order valence-corrected chi connectivity index (χ2v) is 5.34. The lowest BCUT2D eigenvalue weighted by molar-refractivity contribution is 0.851. The molecule has 0 N–H and O–H groups in total. The number of pyridine rings is 1. The monoisotopic (exact) mass is 280 g/mol. The minimum Gasteiger partial charge on any atom is -0.269 e. The summed E-state index contributed by atoms with van der Waals surface area (Å²) in [7, 11) is 0. The Hall–Kier alpha value is -1.35. The van der Waals surface area contributed by atoms with Crippen LogP contribution in [-0.4, -0.2) is 9.38 Å². The number of halogens is 1. The zero-order chi connectivity index (χ0) is 14.6. The molecule has 19 heavy (non-hydrogen) atoms. The molecule has 2 aromatic rings. The Labute approximate surface area is 119 Å². The van der Waals surface area contributed by atoms with Crippen LogP contribution in [0.5, 0.6) is 0 Å². The van der Waals surface area contributed by atoms with Gasteiger partial charge in [0.2, 0.25) is 0 Å². The summed E-state index contributed by atoms with van der Waals surface area (Å²) in [4.78, 5) is 16.2. The van der Waals surface area contributed by atoms with Crippen LogP contribution in [0.4, 0.5) is 0 Å². The maximum Gasteiger partial charge on any atom is 0.258 e. The lowest BCUT2D eigenvalue weighted by Crippen LogP contribution is -2.16. The third kappa shape index (κ3) is 3.80. The van der Waals surface area contributed by atoms with Crippen molar-refractivity contribution in [3.63, 3.8) is 0 Å². The smallest absolute Gasteiger partial charge is 0.258 e. The number of hydrogen-bond donors (Lipinski definition) is 0. The Morgan fingerprint density at radius 2 is 1.89 bits per heavy atom. The van der Waals surface area contributed by atoms with E-state index in [1.165, 1.54) is 16.9 Å². The largest absolute Gasteiger partial charge is 0.269 e. The first-order valence-corrected chi connectivity index (χ1v) is 6.97. The summed E-state index contributed by atoms with van der Waals surface area (Å²) in [5.74, 6) is 0.280. The molecule has 0 aliphatic heterocycles. The van der Waals surface area contributed by atoms with E-state index in [0.717, 1.165) is 11.3 Å². The van der Waals surface area contributed by atoms with Crippen molar-refractivity contribution in [2.45, 2.75) is 47.0 Å². The average Bonchev–Trinajstić information content (AvgIpc) is 2.30. The maximum absolute atomic E-state index is 11.8. The van der Waals surface area contributed by atoms with E-state index in [9.17, 15) is 4.79 Å². The van der Waals surface area contributed by atoms with E-state index in [4.69, 9.17) is 11.6 Å². The molecule has 0 saturated heterocycles. The van der Waals surface area contributed by atoms with Gasteiger partial charge in [0.1, 0.15) is 5.65 Å². The quantitative estimate of drug-likeness (QED) is 0.785. The highest BCUT2D eigenvalue weighted by atomic mass is 35.5. The minimum absolute atomic E-state index is 0.0908. The van der Waals surface area contributed by atoms with Crippen molar-refractivity contribution in [3.05, 3.63) is 45.0 Å². The first-order chi connectivity index (χ1) is 8.90. The van der Waals surface area contributed by atoms with Gasteiger partial charge in [0, 0.05) is 18.0 Å². The van der Waals surface area contributed by atoms with Crippen LogP contribution in [0.1, 0.15) is 51.3 Å². The molecule has 104 valence electrons. The summed E-state index contributed by atoms with van der Waals surface area (Å²) in [6, 6.07) is 3.38. The Balaban J connectivity index is 0.000000550. The number of aromatic nitrogens is 2. The van der Waals surface area contributed by atoms with Gasteiger partial charge in [0.25, 0.3) is 5.56 Å². The topological polar surface area (TPSA) is 34.4 Å². The maximum atomic E-state index is 11.8. The summed E-state index contributed by atoms with van der Waals surface area (Å²) in [6.07, 6.45) is 2.86. The Kier molecular flexibility index (Phi) is 5.55. The lowest BCUT2D eigenvalue weighted by atomic mass is 10.1. The SMILES string of the molecule is CCC.Cc1cc(=O)n2cc(Cl)cc(C(C)C)c2n1. The molecule has 0 aromatic carbocycles.